The number of aromatic amines is 1. The van der Waals surface area contributed by atoms with E-state index in [9.17, 15) is 13.6 Å². The highest BCUT2D eigenvalue weighted by Gasteiger charge is 2.16. The first kappa shape index (κ1) is 12.2. The zero-order chi connectivity index (χ0) is 14.1. The van der Waals surface area contributed by atoms with Crippen LogP contribution in [0, 0.1) is 11.8 Å². The third-order valence-corrected chi connectivity index (χ3v) is 2.79. The molecule has 1 amide bonds. The van der Waals surface area contributed by atoms with E-state index in [0.29, 0.717) is 5.69 Å². The molecule has 0 atom stereocenters. The van der Waals surface area contributed by atoms with E-state index in [-0.39, 0.29) is 0 Å². The molecular weight excluding hydrogens is 266 g/mol. The normalized spacial score (nSPS) is 10.7. The summed E-state index contributed by atoms with van der Waals surface area (Å²) in [6.45, 7) is 0. The van der Waals surface area contributed by atoms with Crippen LogP contribution in [0.3, 0.4) is 0 Å². The summed E-state index contributed by atoms with van der Waals surface area (Å²) in [6, 6.07) is 6.14. The number of hydrogen-bond donors (Lipinski definition) is 2. The number of amides is 1. The van der Waals surface area contributed by atoms with E-state index in [1.54, 1.807) is 24.4 Å². The van der Waals surface area contributed by atoms with E-state index in [2.05, 4.69) is 20.5 Å². The first-order valence-electron chi connectivity index (χ1n) is 5.69. The van der Waals surface area contributed by atoms with Crippen LogP contribution in [0.25, 0.3) is 10.9 Å². The summed E-state index contributed by atoms with van der Waals surface area (Å²) in [6.07, 6.45) is 2.63. The van der Waals surface area contributed by atoms with E-state index < -0.39 is 23.2 Å². The van der Waals surface area contributed by atoms with Crippen molar-refractivity contribution >= 4 is 22.5 Å². The Hall–Kier alpha value is -2.83. The van der Waals surface area contributed by atoms with Gasteiger partial charge in [0.15, 0.2) is 5.82 Å². The molecule has 2 N–H and O–H groups in total. The van der Waals surface area contributed by atoms with Crippen molar-refractivity contribution in [2.75, 3.05) is 5.32 Å². The number of carbonyl (C=O) groups excluding carboxylic acids is 1. The van der Waals surface area contributed by atoms with Crippen LogP contribution in [0.15, 0.2) is 36.7 Å². The van der Waals surface area contributed by atoms with Gasteiger partial charge in [0.1, 0.15) is 0 Å². The van der Waals surface area contributed by atoms with Crippen LogP contribution in [0.5, 0.6) is 0 Å². The van der Waals surface area contributed by atoms with Crippen molar-refractivity contribution in [2.24, 2.45) is 0 Å². The number of aromatic nitrogens is 3. The maximum absolute atomic E-state index is 13.4. The third-order valence-electron chi connectivity index (χ3n) is 2.79. The topological polar surface area (TPSA) is 70.7 Å². The zero-order valence-corrected chi connectivity index (χ0v) is 10.0. The Morgan fingerprint density at radius 1 is 1.25 bits per heavy atom. The monoisotopic (exact) mass is 274 g/mol. The number of benzene rings is 1. The van der Waals surface area contributed by atoms with Crippen LogP contribution < -0.4 is 5.32 Å². The van der Waals surface area contributed by atoms with Crippen molar-refractivity contribution < 1.29 is 13.6 Å². The number of fused-ring (bicyclic) bond motifs is 1. The molecule has 3 rings (SSSR count). The van der Waals surface area contributed by atoms with Crippen molar-refractivity contribution in [1.29, 1.82) is 0 Å². The Morgan fingerprint density at radius 3 is 2.95 bits per heavy atom. The molecule has 2 aromatic heterocycles. The molecule has 2 heterocycles. The molecule has 0 saturated heterocycles. The molecule has 0 unspecified atom stereocenters. The Bertz CT molecular complexity index is 800. The molecule has 0 aliphatic heterocycles. The molecule has 100 valence electrons. The summed E-state index contributed by atoms with van der Waals surface area (Å²) in [4.78, 5) is 15.0. The van der Waals surface area contributed by atoms with Gasteiger partial charge in [-0.05, 0) is 24.3 Å². The quantitative estimate of drug-likeness (QED) is 0.705. The van der Waals surface area contributed by atoms with Crippen LogP contribution >= 0.6 is 0 Å². The summed E-state index contributed by atoms with van der Waals surface area (Å²) in [7, 11) is 0. The molecule has 0 bridgehead atoms. The Balaban J connectivity index is 1.90. The lowest BCUT2D eigenvalue weighted by atomic mass is 10.2. The molecule has 0 aliphatic carbocycles. The smallest absolute Gasteiger partial charge is 0.258 e. The van der Waals surface area contributed by atoms with E-state index in [1.807, 2.05) is 0 Å². The predicted octanol–water partition coefficient (Wildman–Crippen LogP) is 2.49. The highest BCUT2D eigenvalue weighted by atomic mass is 19.2. The molecule has 20 heavy (non-hydrogen) atoms. The van der Waals surface area contributed by atoms with Gasteiger partial charge in [0.2, 0.25) is 5.95 Å². The molecule has 7 heteroatoms. The maximum atomic E-state index is 13.4. The zero-order valence-electron chi connectivity index (χ0n) is 10.0. The summed E-state index contributed by atoms with van der Waals surface area (Å²) in [5.41, 5.74) is 0.870. The van der Waals surface area contributed by atoms with E-state index in [1.165, 1.54) is 0 Å². The molecule has 0 saturated carbocycles. The molecule has 0 aliphatic rings. The fourth-order valence-electron chi connectivity index (χ4n) is 1.81. The molecule has 5 nitrogen and oxygen atoms in total. The Labute approximate surface area is 111 Å². The third kappa shape index (κ3) is 2.09. The number of nitrogens with one attached hydrogen (secondary N) is 2. The minimum atomic E-state index is -1.30. The summed E-state index contributed by atoms with van der Waals surface area (Å²) < 4.78 is 26.4. The van der Waals surface area contributed by atoms with E-state index in [4.69, 9.17) is 0 Å². The summed E-state index contributed by atoms with van der Waals surface area (Å²) in [5, 5.41) is 9.91. The molecule has 0 radical (unpaired) electrons. The Kier molecular flexibility index (Phi) is 2.86. The average Bonchev–Trinajstić information content (AvgIpc) is 2.89. The number of H-pyrrole nitrogens is 1. The number of anilines is 1. The van der Waals surface area contributed by atoms with Gasteiger partial charge >= 0.3 is 0 Å². The number of rotatable bonds is 2. The minimum absolute atomic E-state index is 0.398. The maximum Gasteiger partial charge on any atom is 0.258 e. The van der Waals surface area contributed by atoms with Crippen LogP contribution in [0.4, 0.5) is 14.5 Å². The second kappa shape index (κ2) is 4.69. The van der Waals surface area contributed by atoms with E-state index in [0.717, 1.165) is 23.2 Å². The first-order valence-corrected chi connectivity index (χ1v) is 5.69. The predicted molar refractivity (Wildman–Crippen MR) is 68.2 cm³/mol. The Morgan fingerprint density at radius 2 is 2.10 bits per heavy atom. The lowest BCUT2D eigenvalue weighted by Crippen LogP contribution is -2.15. The molecule has 3 aromatic rings. The van der Waals surface area contributed by atoms with Gasteiger partial charge in [-0.2, -0.15) is 9.49 Å². The van der Waals surface area contributed by atoms with Crippen LogP contribution in [-0.4, -0.2) is 21.1 Å². The molecule has 0 spiro atoms. The second-order valence-electron chi connectivity index (χ2n) is 4.09. The number of carbonyl (C=O) groups is 1. The highest BCUT2D eigenvalue weighted by molar-refractivity contribution is 6.05. The number of halogens is 2. The van der Waals surface area contributed by atoms with Gasteiger partial charge in [-0.1, -0.05) is 0 Å². The van der Waals surface area contributed by atoms with Gasteiger partial charge in [0.05, 0.1) is 17.3 Å². The average molecular weight is 274 g/mol. The largest absolute Gasteiger partial charge is 0.322 e. The summed E-state index contributed by atoms with van der Waals surface area (Å²) in [5.74, 6) is -3.32. The standard InChI is InChI=1S/C13H8F2N4O/c14-11-9(3-4-16-12(11)15)13(20)18-8-1-2-10-7(5-8)6-17-19-10/h1-6H,(H,17,19)(H,18,20). The van der Waals surface area contributed by atoms with Gasteiger partial charge in [-0.25, -0.2) is 9.37 Å². The van der Waals surface area contributed by atoms with Gasteiger partial charge in [-0.3, -0.25) is 9.89 Å². The fourth-order valence-corrected chi connectivity index (χ4v) is 1.81. The number of pyridine rings is 1. The summed E-state index contributed by atoms with van der Waals surface area (Å²) >= 11 is 0. The van der Waals surface area contributed by atoms with Crippen molar-refractivity contribution in [3.05, 3.63) is 54.0 Å². The number of hydrogen-bond acceptors (Lipinski definition) is 3. The molecular formula is C13H8F2N4O. The van der Waals surface area contributed by atoms with Crippen molar-refractivity contribution in [3.8, 4) is 0 Å². The molecule has 1 aromatic carbocycles. The first-order chi connectivity index (χ1) is 9.65. The van der Waals surface area contributed by atoms with E-state index >= 15 is 0 Å². The highest BCUT2D eigenvalue weighted by Crippen LogP contribution is 2.18. The fraction of sp³-hybridized carbons (Fsp3) is 0. The van der Waals surface area contributed by atoms with Gasteiger partial charge in [0, 0.05) is 17.3 Å². The van der Waals surface area contributed by atoms with Gasteiger partial charge < -0.3 is 5.32 Å². The van der Waals surface area contributed by atoms with Crippen molar-refractivity contribution in [2.45, 2.75) is 0 Å². The van der Waals surface area contributed by atoms with Crippen molar-refractivity contribution in [1.82, 2.24) is 15.2 Å². The van der Waals surface area contributed by atoms with Crippen molar-refractivity contribution in [3.63, 3.8) is 0 Å². The molecule has 0 fully saturated rings. The lowest BCUT2D eigenvalue weighted by Gasteiger charge is -2.06. The van der Waals surface area contributed by atoms with Crippen LogP contribution in [-0.2, 0) is 0 Å². The SMILES string of the molecule is O=C(Nc1ccc2[nH]ncc2c1)c1ccnc(F)c1F. The van der Waals surface area contributed by atoms with Gasteiger partial charge in [-0.15, -0.1) is 0 Å². The van der Waals surface area contributed by atoms with Crippen LogP contribution in [0.1, 0.15) is 10.4 Å². The lowest BCUT2D eigenvalue weighted by molar-refractivity contribution is 0.102. The number of nitrogens with zero attached hydrogens (tertiary/aromatic N) is 2. The van der Waals surface area contributed by atoms with Crippen LogP contribution in [0.2, 0.25) is 0 Å². The minimum Gasteiger partial charge on any atom is -0.322 e. The second-order valence-corrected chi connectivity index (χ2v) is 4.09. The van der Waals surface area contributed by atoms with Gasteiger partial charge in [0.25, 0.3) is 5.91 Å².